The topological polar surface area (TPSA) is 42.4 Å². The van der Waals surface area contributed by atoms with Gasteiger partial charge in [0.15, 0.2) is 0 Å². The lowest BCUT2D eigenvalue weighted by Gasteiger charge is -2.19. The average Bonchev–Trinajstić information content (AvgIpc) is 2.95. The van der Waals surface area contributed by atoms with Crippen molar-refractivity contribution in [3.05, 3.63) is 36.5 Å². The van der Waals surface area contributed by atoms with Crippen LogP contribution in [0.1, 0.15) is 20.3 Å². The lowest BCUT2D eigenvalue weighted by atomic mass is 10.2. The van der Waals surface area contributed by atoms with E-state index in [0.717, 1.165) is 29.6 Å². The molecule has 2 heterocycles. The number of likely N-dealkylation sites (tertiary alicyclic amines) is 1. The molecule has 1 atom stereocenters. The van der Waals surface area contributed by atoms with Crippen LogP contribution in [-0.4, -0.2) is 35.0 Å². The molecule has 1 saturated heterocycles. The minimum atomic E-state index is 0.0444. The standard InChI is InChI=1S/C17H20N2O2/c1-12(2)17(20)19-10-8-14(11-19)21-15-7-3-5-13-6-4-9-18-16(13)15/h3-7,9,12,14H,8,10-11H2,1-2H3. The third kappa shape index (κ3) is 2.84. The predicted molar refractivity (Wildman–Crippen MR) is 82.2 cm³/mol. The van der Waals surface area contributed by atoms with Gasteiger partial charge in [-0.15, -0.1) is 0 Å². The summed E-state index contributed by atoms with van der Waals surface area (Å²) in [6.45, 7) is 5.32. The normalized spacial score (nSPS) is 18.4. The smallest absolute Gasteiger partial charge is 0.225 e. The number of ether oxygens (including phenoxy) is 1. The molecule has 4 nitrogen and oxygen atoms in total. The molecule has 1 unspecified atom stereocenters. The monoisotopic (exact) mass is 284 g/mol. The number of amides is 1. The van der Waals surface area contributed by atoms with Crippen molar-refractivity contribution in [1.29, 1.82) is 0 Å². The van der Waals surface area contributed by atoms with E-state index in [1.165, 1.54) is 0 Å². The van der Waals surface area contributed by atoms with Crippen molar-refractivity contribution in [3.8, 4) is 5.75 Å². The van der Waals surface area contributed by atoms with Crippen LogP contribution < -0.4 is 4.74 Å². The third-order valence-corrected chi connectivity index (χ3v) is 3.84. The van der Waals surface area contributed by atoms with E-state index in [1.807, 2.05) is 49.1 Å². The molecule has 0 aliphatic carbocycles. The van der Waals surface area contributed by atoms with Crippen LogP contribution in [0.3, 0.4) is 0 Å². The van der Waals surface area contributed by atoms with Gasteiger partial charge in [0.2, 0.25) is 5.91 Å². The highest BCUT2D eigenvalue weighted by molar-refractivity contribution is 5.84. The van der Waals surface area contributed by atoms with Crippen molar-refractivity contribution in [2.45, 2.75) is 26.4 Å². The summed E-state index contributed by atoms with van der Waals surface area (Å²) >= 11 is 0. The Balaban J connectivity index is 1.74. The minimum Gasteiger partial charge on any atom is -0.486 e. The second kappa shape index (κ2) is 5.72. The number of carbonyl (C=O) groups excluding carboxylic acids is 1. The number of carbonyl (C=O) groups is 1. The first-order chi connectivity index (χ1) is 10.1. The van der Waals surface area contributed by atoms with Crippen molar-refractivity contribution in [2.75, 3.05) is 13.1 Å². The molecule has 0 bridgehead atoms. The van der Waals surface area contributed by atoms with E-state index < -0.39 is 0 Å². The lowest BCUT2D eigenvalue weighted by Crippen LogP contribution is -2.33. The molecule has 1 aliphatic rings. The number of fused-ring (bicyclic) bond motifs is 1. The van der Waals surface area contributed by atoms with E-state index in [4.69, 9.17) is 4.74 Å². The third-order valence-electron chi connectivity index (χ3n) is 3.84. The molecular weight excluding hydrogens is 264 g/mol. The summed E-state index contributed by atoms with van der Waals surface area (Å²) in [4.78, 5) is 18.3. The van der Waals surface area contributed by atoms with E-state index in [2.05, 4.69) is 4.98 Å². The minimum absolute atomic E-state index is 0.0444. The first kappa shape index (κ1) is 13.9. The molecule has 0 saturated carbocycles. The van der Waals surface area contributed by atoms with E-state index in [1.54, 1.807) is 6.20 Å². The van der Waals surface area contributed by atoms with E-state index >= 15 is 0 Å². The quantitative estimate of drug-likeness (QED) is 0.870. The number of aromatic nitrogens is 1. The second-order valence-electron chi connectivity index (χ2n) is 5.80. The zero-order chi connectivity index (χ0) is 14.8. The van der Waals surface area contributed by atoms with Gasteiger partial charge in [0.05, 0.1) is 6.54 Å². The summed E-state index contributed by atoms with van der Waals surface area (Å²) in [5.74, 6) is 1.05. The Morgan fingerprint density at radius 3 is 2.95 bits per heavy atom. The molecule has 1 aromatic carbocycles. The molecule has 1 amide bonds. The molecule has 4 heteroatoms. The van der Waals surface area contributed by atoms with Crippen molar-refractivity contribution < 1.29 is 9.53 Å². The summed E-state index contributed by atoms with van der Waals surface area (Å²) < 4.78 is 6.09. The fourth-order valence-electron chi connectivity index (χ4n) is 2.74. The van der Waals surface area contributed by atoms with Gasteiger partial charge in [0.25, 0.3) is 0 Å². The molecule has 110 valence electrons. The Labute approximate surface area is 124 Å². The van der Waals surface area contributed by atoms with Crippen LogP contribution >= 0.6 is 0 Å². The molecule has 0 radical (unpaired) electrons. The maximum atomic E-state index is 12.0. The van der Waals surface area contributed by atoms with Crippen LogP contribution in [0.4, 0.5) is 0 Å². The first-order valence-corrected chi connectivity index (χ1v) is 7.44. The van der Waals surface area contributed by atoms with E-state index in [-0.39, 0.29) is 17.9 Å². The Hall–Kier alpha value is -2.10. The van der Waals surface area contributed by atoms with Gasteiger partial charge in [-0.1, -0.05) is 32.0 Å². The van der Waals surface area contributed by atoms with Crippen molar-refractivity contribution >= 4 is 16.8 Å². The summed E-state index contributed by atoms with van der Waals surface area (Å²) in [7, 11) is 0. The zero-order valence-electron chi connectivity index (χ0n) is 12.5. The fraction of sp³-hybridized carbons (Fsp3) is 0.412. The molecule has 1 aromatic heterocycles. The van der Waals surface area contributed by atoms with E-state index in [0.29, 0.717) is 6.54 Å². The Morgan fingerprint density at radius 2 is 2.14 bits per heavy atom. The molecule has 1 aliphatic heterocycles. The molecule has 21 heavy (non-hydrogen) atoms. The van der Waals surface area contributed by atoms with Crippen LogP contribution in [-0.2, 0) is 4.79 Å². The van der Waals surface area contributed by atoms with Crippen molar-refractivity contribution in [2.24, 2.45) is 5.92 Å². The molecule has 0 spiro atoms. The number of benzene rings is 1. The first-order valence-electron chi connectivity index (χ1n) is 7.44. The Kier molecular flexibility index (Phi) is 3.78. The zero-order valence-corrected chi connectivity index (χ0v) is 12.5. The van der Waals surface area contributed by atoms with Gasteiger partial charge in [-0.05, 0) is 12.1 Å². The fourth-order valence-corrected chi connectivity index (χ4v) is 2.74. The van der Waals surface area contributed by atoms with Crippen LogP contribution in [0.2, 0.25) is 0 Å². The maximum absolute atomic E-state index is 12.0. The highest BCUT2D eigenvalue weighted by atomic mass is 16.5. The summed E-state index contributed by atoms with van der Waals surface area (Å²) in [5, 5.41) is 1.07. The number of pyridine rings is 1. The molecular formula is C17H20N2O2. The lowest BCUT2D eigenvalue weighted by molar-refractivity contribution is -0.133. The summed E-state index contributed by atoms with van der Waals surface area (Å²) in [6, 6.07) is 9.90. The van der Waals surface area contributed by atoms with Crippen LogP contribution in [0.5, 0.6) is 5.75 Å². The maximum Gasteiger partial charge on any atom is 0.225 e. The van der Waals surface area contributed by atoms with Gasteiger partial charge >= 0.3 is 0 Å². The van der Waals surface area contributed by atoms with Gasteiger partial charge in [0.1, 0.15) is 17.4 Å². The van der Waals surface area contributed by atoms with Crippen LogP contribution in [0, 0.1) is 5.92 Å². The summed E-state index contributed by atoms with van der Waals surface area (Å²) in [5.41, 5.74) is 0.883. The van der Waals surface area contributed by atoms with Crippen molar-refractivity contribution in [3.63, 3.8) is 0 Å². The number of para-hydroxylation sites is 1. The number of rotatable bonds is 3. The second-order valence-corrected chi connectivity index (χ2v) is 5.80. The van der Waals surface area contributed by atoms with Gasteiger partial charge in [0, 0.05) is 30.5 Å². The SMILES string of the molecule is CC(C)C(=O)N1CCC(Oc2cccc3cccnc23)C1. The Bertz CT molecular complexity index is 649. The van der Waals surface area contributed by atoms with Gasteiger partial charge in [-0.3, -0.25) is 9.78 Å². The molecule has 2 aromatic rings. The largest absolute Gasteiger partial charge is 0.486 e. The number of hydrogen-bond acceptors (Lipinski definition) is 3. The Morgan fingerprint density at radius 1 is 1.33 bits per heavy atom. The molecule has 0 N–H and O–H groups in total. The van der Waals surface area contributed by atoms with Crippen LogP contribution in [0.25, 0.3) is 10.9 Å². The summed E-state index contributed by atoms with van der Waals surface area (Å²) in [6.07, 6.45) is 2.71. The van der Waals surface area contributed by atoms with Gasteiger partial charge < -0.3 is 9.64 Å². The van der Waals surface area contributed by atoms with Crippen molar-refractivity contribution in [1.82, 2.24) is 9.88 Å². The highest BCUT2D eigenvalue weighted by Gasteiger charge is 2.29. The van der Waals surface area contributed by atoms with Gasteiger partial charge in [-0.2, -0.15) is 0 Å². The van der Waals surface area contributed by atoms with Gasteiger partial charge in [-0.25, -0.2) is 0 Å². The number of hydrogen-bond donors (Lipinski definition) is 0. The highest BCUT2D eigenvalue weighted by Crippen LogP contribution is 2.26. The van der Waals surface area contributed by atoms with E-state index in [9.17, 15) is 4.79 Å². The number of nitrogens with zero attached hydrogens (tertiary/aromatic N) is 2. The molecule has 3 rings (SSSR count). The molecule has 1 fully saturated rings. The predicted octanol–water partition coefficient (Wildman–Crippen LogP) is 2.87. The average molecular weight is 284 g/mol. The van der Waals surface area contributed by atoms with Crippen LogP contribution in [0.15, 0.2) is 36.5 Å².